The number of hydrogen-bond acceptors (Lipinski definition) is 4. The van der Waals surface area contributed by atoms with E-state index in [9.17, 15) is 0 Å². The largest absolute Gasteiger partial charge is 0.508 e. The lowest BCUT2D eigenvalue weighted by Crippen LogP contribution is -2.60. The zero-order chi connectivity index (χ0) is 21.6. The van der Waals surface area contributed by atoms with Crippen molar-refractivity contribution in [3.05, 3.63) is 12.1 Å². The zero-order valence-corrected chi connectivity index (χ0v) is 21.8. The summed E-state index contributed by atoms with van der Waals surface area (Å²) in [6.07, 6.45) is 0. The van der Waals surface area contributed by atoms with Gasteiger partial charge in [0.2, 0.25) is 0 Å². The highest BCUT2D eigenvalue weighted by atomic mass is 28.4. The van der Waals surface area contributed by atoms with Gasteiger partial charge in [-0.2, -0.15) is 0 Å². The van der Waals surface area contributed by atoms with Gasteiger partial charge in [-0.15, -0.1) is 0 Å². The van der Waals surface area contributed by atoms with E-state index in [2.05, 4.69) is 83.1 Å². The van der Waals surface area contributed by atoms with E-state index in [1.807, 2.05) is 12.1 Å². The Balaban J connectivity index is 2.05. The van der Waals surface area contributed by atoms with Crippen LogP contribution in [0.2, 0.25) is 20.2 Å². The van der Waals surface area contributed by atoms with Crippen LogP contribution in [0.25, 0.3) is 0 Å². The SMILES string of the molecule is CC(C)(C)[Si]1(C(C)(C)C)Oc2cc3c(cc2O1)O[Si](C(C)(C)C)(C(C)(C)C)O3. The average Bonchev–Trinajstić information content (AvgIpc) is 3.00. The van der Waals surface area contributed by atoms with Crippen LogP contribution in [-0.4, -0.2) is 17.1 Å². The highest BCUT2D eigenvalue weighted by Gasteiger charge is 2.67. The van der Waals surface area contributed by atoms with Crippen LogP contribution in [0.3, 0.4) is 0 Å². The van der Waals surface area contributed by atoms with E-state index in [1.54, 1.807) is 0 Å². The standard InChI is InChI=1S/C22H38O4Si2/c1-19(2,3)27(20(4,5)6)23-15-13-17-18(14-16(15)24-27)26-28(25-17,21(7,8)9)22(10,11)12/h13-14H,1-12H3. The van der Waals surface area contributed by atoms with Crippen LogP contribution in [0.15, 0.2) is 12.1 Å². The first kappa shape index (κ1) is 21.6. The van der Waals surface area contributed by atoms with Crippen molar-refractivity contribution in [2.24, 2.45) is 0 Å². The average molecular weight is 423 g/mol. The smallest absolute Gasteiger partial charge is 0.471 e. The minimum atomic E-state index is -2.58. The van der Waals surface area contributed by atoms with Crippen LogP contribution in [-0.2, 0) is 0 Å². The maximum absolute atomic E-state index is 6.68. The Morgan fingerprint density at radius 2 is 0.607 bits per heavy atom. The second-order valence-corrected chi connectivity index (χ2v) is 21.7. The minimum absolute atomic E-state index is 0.0776. The molecule has 0 bridgehead atoms. The second-order valence-electron chi connectivity index (χ2n) is 12.4. The Bertz CT molecular complexity index is 659. The van der Waals surface area contributed by atoms with Gasteiger partial charge in [-0.3, -0.25) is 0 Å². The summed E-state index contributed by atoms with van der Waals surface area (Å²) >= 11 is 0. The van der Waals surface area contributed by atoms with Gasteiger partial charge in [0.25, 0.3) is 0 Å². The summed E-state index contributed by atoms with van der Waals surface area (Å²) in [5.41, 5.74) is 0. The molecule has 2 aliphatic rings. The first-order valence-electron chi connectivity index (χ1n) is 10.3. The molecule has 0 aromatic heterocycles. The van der Waals surface area contributed by atoms with E-state index in [0.29, 0.717) is 0 Å². The van der Waals surface area contributed by atoms with E-state index in [4.69, 9.17) is 17.7 Å². The molecule has 0 saturated carbocycles. The Morgan fingerprint density at radius 3 is 0.750 bits per heavy atom. The fraction of sp³-hybridized carbons (Fsp3) is 0.727. The molecule has 158 valence electrons. The molecule has 0 radical (unpaired) electrons. The molecular formula is C22H38O4Si2. The van der Waals surface area contributed by atoms with Crippen LogP contribution in [0.5, 0.6) is 23.0 Å². The lowest BCUT2D eigenvalue weighted by atomic mass is 10.2. The topological polar surface area (TPSA) is 36.9 Å². The highest BCUT2D eigenvalue weighted by Crippen LogP contribution is 2.62. The monoisotopic (exact) mass is 422 g/mol. The highest BCUT2D eigenvalue weighted by molar-refractivity contribution is 6.76. The molecule has 2 aliphatic heterocycles. The summed E-state index contributed by atoms with van der Waals surface area (Å²) in [7, 11) is -5.17. The van der Waals surface area contributed by atoms with E-state index in [0.717, 1.165) is 23.0 Å². The third-order valence-corrected chi connectivity index (χ3v) is 15.9. The Labute approximate surface area is 173 Å². The van der Waals surface area contributed by atoms with Crippen molar-refractivity contribution in [2.75, 3.05) is 0 Å². The van der Waals surface area contributed by atoms with E-state index in [1.165, 1.54) is 0 Å². The Kier molecular flexibility index (Phi) is 4.40. The van der Waals surface area contributed by atoms with E-state index >= 15 is 0 Å². The van der Waals surface area contributed by atoms with Gasteiger partial charge in [-0.05, 0) is 0 Å². The van der Waals surface area contributed by atoms with Gasteiger partial charge < -0.3 is 17.7 Å². The van der Waals surface area contributed by atoms with Gasteiger partial charge >= 0.3 is 17.1 Å². The normalized spacial score (nSPS) is 20.4. The van der Waals surface area contributed by atoms with Gasteiger partial charge in [-0.1, -0.05) is 83.1 Å². The fourth-order valence-electron chi connectivity index (χ4n) is 4.98. The van der Waals surface area contributed by atoms with Crippen LogP contribution < -0.4 is 17.7 Å². The van der Waals surface area contributed by atoms with Crippen molar-refractivity contribution in [1.29, 1.82) is 0 Å². The lowest BCUT2D eigenvalue weighted by Gasteiger charge is -2.44. The summed E-state index contributed by atoms with van der Waals surface area (Å²) in [4.78, 5) is 0. The molecule has 0 N–H and O–H groups in total. The predicted octanol–water partition coefficient (Wildman–Crippen LogP) is 7.31. The number of fused-ring (bicyclic) bond motifs is 2. The maximum atomic E-state index is 6.68. The minimum Gasteiger partial charge on any atom is -0.508 e. The van der Waals surface area contributed by atoms with Gasteiger partial charge in [0.1, 0.15) is 0 Å². The zero-order valence-electron chi connectivity index (χ0n) is 19.8. The van der Waals surface area contributed by atoms with Gasteiger partial charge in [0, 0.05) is 32.3 Å². The molecule has 2 heterocycles. The van der Waals surface area contributed by atoms with Crippen LogP contribution in [0, 0.1) is 0 Å². The maximum Gasteiger partial charge on any atom is 0.471 e. The summed E-state index contributed by atoms with van der Waals surface area (Å²) in [5.74, 6) is 3.19. The van der Waals surface area contributed by atoms with Crippen molar-refractivity contribution in [3.63, 3.8) is 0 Å². The fourth-order valence-corrected chi connectivity index (χ4v) is 13.9. The molecule has 0 saturated heterocycles. The molecule has 0 amide bonds. The third-order valence-electron chi connectivity index (χ3n) is 5.97. The Morgan fingerprint density at radius 1 is 0.429 bits per heavy atom. The molecule has 0 atom stereocenters. The van der Waals surface area contributed by atoms with Crippen molar-refractivity contribution in [1.82, 2.24) is 0 Å². The molecule has 0 spiro atoms. The molecule has 4 nitrogen and oxygen atoms in total. The summed E-state index contributed by atoms with van der Waals surface area (Å²) < 4.78 is 26.7. The number of benzene rings is 1. The van der Waals surface area contributed by atoms with Gasteiger partial charge in [0.15, 0.2) is 23.0 Å². The molecule has 28 heavy (non-hydrogen) atoms. The third kappa shape index (κ3) is 2.82. The van der Waals surface area contributed by atoms with Crippen LogP contribution >= 0.6 is 0 Å². The first-order valence-corrected chi connectivity index (χ1v) is 13.9. The van der Waals surface area contributed by atoms with Gasteiger partial charge in [0.05, 0.1) is 0 Å². The molecule has 1 aromatic carbocycles. The van der Waals surface area contributed by atoms with Crippen molar-refractivity contribution in [2.45, 2.75) is 103 Å². The first-order chi connectivity index (χ1) is 12.3. The van der Waals surface area contributed by atoms with Crippen molar-refractivity contribution < 1.29 is 17.7 Å². The number of rotatable bonds is 0. The molecule has 0 unspecified atom stereocenters. The predicted molar refractivity (Wildman–Crippen MR) is 119 cm³/mol. The van der Waals surface area contributed by atoms with Crippen molar-refractivity contribution in [3.8, 4) is 23.0 Å². The molecule has 6 heteroatoms. The molecular weight excluding hydrogens is 384 g/mol. The van der Waals surface area contributed by atoms with E-state index in [-0.39, 0.29) is 20.2 Å². The Hall–Kier alpha value is -1.15. The number of hydrogen-bond donors (Lipinski definition) is 0. The summed E-state index contributed by atoms with van der Waals surface area (Å²) in [6.45, 7) is 26.6. The second kappa shape index (κ2) is 5.72. The van der Waals surface area contributed by atoms with Gasteiger partial charge in [-0.25, -0.2) is 0 Å². The van der Waals surface area contributed by atoms with Crippen LogP contribution in [0.1, 0.15) is 83.1 Å². The quantitative estimate of drug-likeness (QED) is 0.411. The van der Waals surface area contributed by atoms with Crippen LogP contribution in [0.4, 0.5) is 0 Å². The lowest BCUT2D eigenvalue weighted by molar-refractivity contribution is 0.334. The van der Waals surface area contributed by atoms with Crippen molar-refractivity contribution >= 4 is 17.1 Å². The van der Waals surface area contributed by atoms with E-state index < -0.39 is 17.1 Å². The molecule has 0 aliphatic carbocycles. The summed E-state index contributed by atoms with van der Waals surface area (Å²) in [5, 5.41) is -0.310. The summed E-state index contributed by atoms with van der Waals surface area (Å²) in [6, 6.07) is 4.01. The molecule has 1 aromatic rings. The molecule has 3 rings (SSSR count). The molecule has 0 fully saturated rings.